The summed E-state index contributed by atoms with van der Waals surface area (Å²) in [5.41, 5.74) is 1.16. The highest BCUT2D eigenvalue weighted by Gasteiger charge is 2.29. The molecule has 0 saturated carbocycles. The third-order valence-electron chi connectivity index (χ3n) is 3.54. The van der Waals surface area contributed by atoms with Crippen LogP contribution in [0, 0.1) is 0 Å². The van der Waals surface area contributed by atoms with Crippen molar-refractivity contribution < 1.29 is 14.7 Å². The number of ketones is 1. The monoisotopic (exact) mass is 261 g/mol. The first-order valence-electron chi connectivity index (χ1n) is 6.69. The molecule has 4 nitrogen and oxygen atoms in total. The van der Waals surface area contributed by atoms with Crippen molar-refractivity contribution in [3.8, 4) is 0 Å². The first-order valence-corrected chi connectivity index (χ1v) is 6.69. The Kier molecular flexibility index (Phi) is 4.68. The molecule has 1 aliphatic heterocycles. The lowest BCUT2D eigenvalue weighted by molar-refractivity contribution is -0.138. The third kappa shape index (κ3) is 3.89. The lowest BCUT2D eigenvalue weighted by Gasteiger charge is -2.34. The molecule has 0 spiro atoms. The zero-order valence-electron chi connectivity index (χ0n) is 10.9. The van der Waals surface area contributed by atoms with Crippen LogP contribution < -0.4 is 0 Å². The normalized spacial score (nSPS) is 20.4. The smallest absolute Gasteiger partial charge is 0.303 e. The summed E-state index contributed by atoms with van der Waals surface area (Å²) in [5, 5.41) is 8.78. The van der Waals surface area contributed by atoms with Crippen molar-refractivity contribution in [3.63, 3.8) is 0 Å². The fraction of sp³-hybridized carbons (Fsp3) is 0.467. The van der Waals surface area contributed by atoms with Crippen LogP contribution in [0.2, 0.25) is 0 Å². The molecule has 1 unspecified atom stereocenters. The molecule has 2 rings (SSSR count). The van der Waals surface area contributed by atoms with Gasteiger partial charge in [0.2, 0.25) is 0 Å². The molecule has 1 saturated heterocycles. The van der Waals surface area contributed by atoms with Gasteiger partial charge in [-0.3, -0.25) is 14.5 Å². The Labute approximate surface area is 113 Å². The van der Waals surface area contributed by atoms with E-state index in [0.29, 0.717) is 12.8 Å². The Morgan fingerprint density at radius 2 is 2.05 bits per heavy atom. The van der Waals surface area contributed by atoms with Crippen LogP contribution in [0.5, 0.6) is 0 Å². The Bertz CT molecular complexity index is 444. The molecule has 0 aromatic heterocycles. The van der Waals surface area contributed by atoms with Crippen molar-refractivity contribution in [2.24, 2.45) is 0 Å². The molecule has 19 heavy (non-hydrogen) atoms. The topological polar surface area (TPSA) is 57.6 Å². The number of piperidine rings is 1. The van der Waals surface area contributed by atoms with Gasteiger partial charge >= 0.3 is 5.97 Å². The molecule has 1 aliphatic rings. The van der Waals surface area contributed by atoms with E-state index in [2.05, 4.69) is 4.90 Å². The summed E-state index contributed by atoms with van der Waals surface area (Å²) < 4.78 is 0. The number of hydrogen-bond acceptors (Lipinski definition) is 3. The molecule has 1 aromatic rings. The highest BCUT2D eigenvalue weighted by molar-refractivity contribution is 5.85. The van der Waals surface area contributed by atoms with Gasteiger partial charge in [-0.1, -0.05) is 30.3 Å². The fourth-order valence-corrected chi connectivity index (χ4v) is 2.59. The number of rotatable bonds is 5. The van der Waals surface area contributed by atoms with Crippen LogP contribution in [-0.4, -0.2) is 34.3 Å². The Morgan fingerprint density at radius 1 is 1.32 bits per heavy atom. The minimum absolute atomic E-state index is 0.0572. The first-order chi connectivity index (χ1) is 9.16. The van der Waals surface area contributed by atoms with Crippen molar-refractivity contribution in [2.45, 2.75) is 38.3 Å². The predicted molar refractivity (Wildman–Crippen MR) is 71.8 cm³/mol. The third-order valence-corrected chi connectivity index (χ3v) is 3.54. The van der Waals surface area contributed by atoms with E-state index in [0.717, 1.165) is 25.1 Å². The maximum atomic E-state index is 12.0. The Balaban J connectivity index is 2.02. The Hall–Kier alpha value is -1.68. The number of benzene rings is 1. The second-order valence-corrected chi connectivity index (χ2v) is 4.97. The summed E-state index contributed by atoms with van der Waals surface area (Å²) in [7, 11) is 0. The van der Waals surface area contributed by atoms with Gasteiger partial charge in [-0.2, -0.15) is 0 Å². The minimum atomic E-state index is -0.835. The minimum Gasteiger partial charge on any atom is -0.481 e. The van der Waals surface area contributed by atoms with Gasteiger partial charge in [-0.25, -0.2) is 0 Å². The van der Waals surface area contributed by atoms with Crippen molar-refractivity contribution >= 4 is 11.8 Å². The molecule has 1 fully saturated rings. The number of carbonyl (C=O) groups excluding carboxylic acids is 1. The Morgan fingerprint density at radius 3 is 2.74 bits per heavy atom. The van der Waals surface area contributed by atoms with E-state index < -0.39 is 5.97 Å². The van der Waals surface area contributed by atoms with Crippen molar-refractivity contribution in [2.75, 3.05) is 6.54 Å². The van der Waals surface area contributed by atoms with Crippen LogP contribution in [0.4, 0.5) is 0 Å². The second kappa shape index (κ2) is 6.48. The van der Waals surface area contributed by atoms with E-state index in [-0.39, 0.29) is 18.2 Å². The summed E-state index contributed by atoms with van der Waals surface area (Å²) >= 11 is 0. The summed E-state index contributed by atoms with van der Waals surface area (Å²) in [6.07, 6.45) is 1.92. The van der Waals surface area contributed by atoms with Gasteiger partial charge < -0.3 is 5.11 Å². The molecule has 1 N–H and O–H groups in total. The van der Waals surface area contributed by atoms with Crippen molar-refractivity contribution in [1.29, 1.82) is 0 Å². The number of carboxylic acid groups (broad SMARTS) is 1. The zero-order chi connectivity index (χ0) is 13.7. The molecule has 0 bridgehead atoms. The van der Waals surface area contributed by atoms with E-state index in [1.807, 2.05) is 30.3 Å². The van der Waals surface area contributed by atoms with Gasteiger partial charge in [0.1, 0.15) is 5.78 Å². The average Bonchev–Trinajstić information content (AvgIpc) is 2.39. The lowest BCUT2D eigenvalue weighted by Crippen LogP contribution is -2.45. The first kappa shape index (κ1) is 13.7. The van der Waals surface area contributed by atoms with Gasteiger partial charge in [0, 0.05) is 19.4 Å². The average molecular weight is 261 g/mol. The van der Waals surface area contributed by atoms with Crippen LogP contribution in [0.15, 0.2) is 30.3 Å². The molecule has 1 atom stereocenters. The molecule has 4 heteroatoms. The predicted octanol–water partition coefficient (Wildman–Crippen LogP) is 2.08. The molecular formula is C15H19NO3. The number of carbonyl (C=O) groups is 2. The molecule has 102 valence electrons. The maximum Gasteiger partial charge on any atom is 0.303 e. The van der Waals surface area contributed by atoms with Gasteiger partial charge in [0.15, 0.2) is 0 Å². The van der Waals surface area contributed by atoms with Crippen molar-refractivity contribution in [3.05, 3.63) is 35.9 Å². The molecule has 0 aliphatic carbocycles. The highest BCUT2D eigenvalue weighted by Crippen LogP contribution is 2.20. The van der Waals surface area contributed by atoms with E-state index in [4.69, 9.17) is 5.11 Å². The number of aliphatic carboxylic acids is 1. The SMILES string of the molecule is O=C(O)CCC1C(=O)CCCN1Cc1ccccc1. The zero-order valence-corrected chi connectivity index (χ0v) is 10.9. The number of hydrogen-bond donors (Lipinski definition) is 1. The lowest BCUT2D eigenvalue weighted by atomic mass is 9.96. The number of carboxylic acids is 1. The fourth-order valence-electron chi connectivity index (χ4n) is 2.59. The van der Waals surface area contributed by atoms with Crippen LogP contribution in [0.3, 0.4) is 0 Å². The summed E-state index contributed by atoms with van der Waals surface area (Å²) in [4.78, 5) is 24.8. The maximum absolute atomic E-state index is 12.0. The van der Waals surface area contributed by atoms with Gasteiger partial charge in [0.25, 0.3) is 0 Å². The quantitative estimate of drug-likeness (QED) is 0.881. The van der Waals surface area contributed by atoms with E-state index in [1.165, 1.54) is 0 Å². The number of likely N-dealkylation sites (tertiary alicyclic amines) is 1. The molecule has 0 amide bonds. The summed E-state index contributed by atoms with van der Waals surface area (Å²) in [6, 6.07) is 9.76. The molecule has 1 heterocycles. The number of nitrogens with zero attached hydrogens (tertiary/aromatic N) is 1. The number of Topliss-reactive ketones (excluding diaryl/α,β-unsaturated/α-hetero) is 1. The van der Waals surface area contributed by atoms with Crippen LogP contribution in [-0.2, 0) is 16.1 Å². The van der Waals surface area contributed by atoms with Gasteiger partial charge in [0.05, 0.1) is 6.04 Å². The van der Waals surface area contributed by atoms with Crippen molar-refractivity contribution in [1.82, 2.24) is 4.90 Å². The van der Waals surface area contributed by atoms with Crippen LogP contribution in [0.25, 0.3) is 0 Å². The van der Waals surface area contributed by atoms with E-state index in [1.54, 1.807) is 0 Å². The highest BCUT2D eigenvalue weighted by atomic mass is 16.4. The molecular weight excluding hydrogens is 242 g/mol. The van der Waals surface area contributed by atoms with Gasteiger partial charge in [-0.05, 0) is 24.9 Å². The standard InChI is InChI=1S/C15H19NO3/c17-14-7-4-10-16(13(14)8-9-15(18)19)11-12-5-2-1-3-6-12/h1-3,5-6,13H,4,7-11H2,(H,18,19). The summed E-state index contributed by atoms with van der Waals surface area (Å²) in [5.74, 6) is -0.651. The van der Waals surface area contributed by atoms with Gasteiger partial charge in [-0.15, -0.1) is 0 Å². The molecule has 0 radical (unpaired) electrons. The second-order valence-electron chi connectivity index (χ2n) is 4.97. The van der Waals surface area contributed by atoms with Crippen LogP contribution >= 0.6 is 0 Å². The summed E-state index contributed by atoms with van der Waals surface area (Å²) in [6.45, 7) is 1.59. The van der Waals surface area contributed by atoms with Crippen LogP contribution in [0.1, 0.15) is 31.2 Å². The van der Waals surface area contributed by atoms with E-state index in [9.17, 15) is 9.59 Å². The van der Waals surface area contributed by atoms with E-state index >= 15 is 0 Å². The molecule has 1 aromatic carbocycles. The largest absolute Gasteiger partial charge is 0.481 e.